The molecule has 0 bridgehead atoms. The van der Waals surface area contributed by atoms with Gasteiger partial charge in [0, 0.05) is 11.1 Å². The highest BCUT2D eigenvalue weighted by atomic mass is 32.2. The van der Waals surface area contributed by atoms with Crippen LogP contribution in [0, 0.1) is 6.92 Å². The van der Waals surface area contributed by atoms with E-state index in [9.17, 15) is 8.42 Å². The van der Waals surface area contributed by atoms with Crippen LogP contribution in [0.5, 0.6) is 0 Å². The maximum absolute atomic E-state index is 12.4. The summed E-state index contributed by atoms with van der Waals surface area (Å²) in [6.45, 7) is 1.89. The van der Waals surface area contributed by atoms with Gasteiger partial charge in [-0.05, 0) is 37.5 Å². The highest BCUT2D eigenvalue weighted by molar-refractivity contribution is 7.92. The Morgan fingerprint density at radius 1 is 0.958 bits per heavy atom. The molecule has 4 nitrogen and oxygen atoms in total. The third-order valence-corrected chi connectivity index (χ3v) is 5.20. The summed E-state index contributed by atoms with van der Waals surface area (Å²) < 4.78 is 27.4. The van der Waals surface area contributed by atoms with E-state index < -0.39 is 10.0 Å². The Balaban J connectivity index is 1.71. The second kappa shape index (κ2) is 7.01. The first kappa shape index (κ1) is 16.5. The van der Waals surface area contributed by atoms with Gasteiger partial charge in [0.25, 0.3) is 0 Å². The molecule has 0 radical (unpaired) electrons. The first-order chi connectivity index (χ1) is 11.5. The summed E-state index contributed by atoms with van der Waals surface area (Å²) >= 11 is 0. The van der Waals surface area contributed by atoms with Crippen LogP contribution >= 0.6 is 0 Å². The molecule has 0 atom stereocenters. The van der Waals surface area contributed by atoms with E-state index >= 15 is 0 Å². The number of aromatic nitrogens is 1. The minimum absolute atomic E-state index is 0.0874. The molecule has 124 valence electrons. The molecule has 24 heavy (non-hydrogen) atoms. The predicted octanol–water partition coefficient (Wildman–Crippen LogP) is 3.92. The van der Waals surface area contributed by atoms with Gasteiger partial charge in [0.15, 0.2) is 0 Å². The van der Waals surface area contributed by atoms with Crippen molar-refractivity contribution < 1.29 is 8.42 Å². The smallest absolute Gasteiger partial charge is 0.232 e. The summed E-state index contributed by atoms with van der Waals surface area (Å²) in [7, 11) is -3.40. The molecule has 0 saturated heterocycles. The van der Waals surface area contributed by atoms with Gasteiger partial charge in [-0.1, -0.05) is 48.5 Å². The number of nitrogens with zero attached hydrogens (tertiary/aromatic N) is 1. The number of hydrogen-bond donors (Lipinski definition) is 1. The number of rotatable bonds is 6. The van der Waals surface area contributed by atoms with E-state index in [0.29, 0.717) is 17.6 Å². The largest absolute Gasteiger partial charge is 0.281 e. The number of benzene rings is 2. The summed E-state index contributed by atoms with van der Waals surface area (Å²) in [5, 5.41) is 0.921. The van der Waals surface area contributed by atoms with Crippen LogP contribution in [0.15, 0.2) is 60.7 Å². The summed E-state index contributed by atoms with van der Waals surface area (Å²) in [5.41, 5.74) is 3.23. The Morgan fingerprint density at radius 3 is 2.54 bits per heavy atom. The predicted molar refractivity (Wildman–Crippen MR) is 98.7 cm³/mol. The molecule has 0 saturated carbocycles. The quantitative estimate of drug-likeness (QED) is 0.740. The lowest BCUT2D eigenvalue weighted by Gasteiger charge is -2.10. The van der Waals surface area contributed by atoms with Crippen molar-refractivity contribution in [1.82, 2.24) is 4.98 Å². The summed E-state index contributed by atoms with van der Waals surface area (Å²) in [5.74, 6) is 0.0874. The highest BCUT2D eigenvalue weighted by Crippen LogP contribution is 2.23. The van der Waals surface area contributed by atoms with Gasteiger partial charge >= 0.3 is 0 Å². The molecule has 1 aromatic heterocycles. The van der Waals surface area contributed by atoms with E-state index in [4.69, 9.17) is 0 Å². The van der Waals surface area contributed by atoms with Crippen LogP contribution in [0.25, 0.3) is 10.9 Å². The molecule has 1 heterocycles. The number of hydrogen-bond acceptors (Lipinski definition) is 3. The zero-order valence-corrected chi connectivity index (χ0v) is 14.4. The van der Waals surface area contributed by atoms with Crippen molar-refractivity contribution in [3.05, 3.63) is 71.9 Å². The fourth-order valence-corrected chi connectivity index (χ4v) is 3.78. The van der Waals surface area contributed by atoms with Crippen LogP contribution in [0.2, 0.25) is 0 Å². The fourth-order valence-electron chi connectivity index (χ4n) is 2.66. The van der Waals surface area contributed by atoms with Crippen LogP contribution < -0.4 is 4.72 Å². The lowest BCUT2D eigenvalue weighted by atomic mass is 10.1. The van der Waals surface area contributed by atoms with Gasteiger partial charge in [0.05, 0.1) is 17.0 Å². The lowest BCUT2D eigenvalue weighted by Crippen LogP contribution is -2.17. The van der Waals surface area contributed by atoms with E-state index in [2.05, 4.69) is 9.71 Å². The molecular weight excluding hydrogens is 320 g/mol. The minimum atomic E-state index is -3.40. The molecule has 0 unspecified atom stereocenters. The topological polar surface area (TPSA) is 59.1 Å². The first-order valence-corrected chi connectivity index (χ1v) is 9.59. The van der Waals surface area contributed by atoms with Gasteiger partial charge < -0.3 is 0 Å². The number of pyridine rings is 1. The Kier molecular flexibility index (Phi) is 4.81. The Labute approximate surface area is 142 Å². The van der Waals surface area contributed by atoms with Gasteiger partial charge in [0.2, 0.25) is 10.0 Å². The van der Waals surface area contributed by atoms with Crippen molar-refractivity contribution in [3.8, 4) is 0 Å². The summed E-state index contributed by atoms with van der Waals surface area (Å²) in [6.07, 6.45) is 1.32. The van der Waals surface area contributed by atoms with Gasteiger partial charge in [-0.2, -0.15) is 0 Å². The van der Waals surface area contributed by atoms with Gasteiger partial charge in [-0.15, -0.1) is 0 Å². The Morgan fingerprint density at radius 2 is 1.75 bits per heavy atom. The molecule has 0 amide bonds. The molecule has 0 spiro atoms. The third-order valence-electron chi connectivity index (χ3n) is 3.85. The molecular formula is C19H20N2O2S. The van der Waals surface area contributed by atoms with E-state index in [1.807, 2.05) is 61.5 Å². The highest BCUT2D eigenvalue weighted by Gasteiger charge is 2.13. The molecule has 1 N–H and O–H groups in total. The Hall–Kier alpha value is -2.40. The molecule has 5 heteroatoms. The number of fused-ring (bicyclic) bond motifs is 1. The number of aryl methyl sites for hydroxylation is 2. The van der Waals surface area contributed by atoms with Gasteiger partial charge in [0.1, 0.15) is 0 Å². The molecule has 0 aliphatic rings. The molecule has 3 aromatic rings. The number of nitrogens with one attached hydrogen (secondary N) is 1. The number of anilines is 1. The second-order valence-electron chi connectivity index (χ2n) is 5.84. The second-order valence-corrected chi connectivity index (χ2v) is 7.68. The van der Waals surface area contributed by atoms with E-state index in [-0.39, 0.29) is 5.75 Å². The monoisotopic (exact) mass is 340 g/mol. The maximum Gasteiger partial charge on any atom is 0.232 e. The van der Waals surface area contributed by atoms with Crippen LogP contribution in [0.4, 0.5) is 5.69 Å². The average Bonchev–Trinajstić information content (AvgIpc) is 2.56. The zero-order chi connectivity index (χ0) is 17.0. The standard InChI is InChI=1S/C19H20N2O2S/c1-15-12-13-17-10-5-11-18(19(17)20-15)21-24(22,23)14-6-9-16-7-3-2-4-8-16/h2-5,7-8,10-13,21H,6,9,14H2,1H3. The average molecular weight is 340 g/mol. The van der Waals surface area contributed by atoms with Crippen molar-refractivity contribution in [2.45, 2.75) is 19.8 Å². The van der Waals surface area contributed by atoms with Crippen molar-refractivity contribution >= 4 is 26.6 Å². The molecule has 3 rings (SSSR count). The van der Waals surface area contributed by atoms with E-state index in [1.54, 1.807) is 6.07 Å². The summed E-state index contributed by atoms with van der Waals surface area (Å²) in [4.78, 5) is 4.46. The van der Waals surface area contributed by atoms with Crippen molar-refractivity contribution in [2.24, 2.45) is 0 Å². The lowest BCUT2D eigenvalue weighted by molar-refractivity contribution is 0.598. The number of para-hydroxylation sites is 1. The van der Waals surface area contributed by atoms with Gasteiger partial charge in [-0.3, -0.25) is 9.71 Å². The van der Waals surface area contributed by atoms with Crippen LogP contribution in [-0.4, -0.2) is 19.2 Å². The van der Waals surface area contributed by atoms with Crippen molar-refractivity contribution in [2.75, 3.05) is 10.5 Å². The van der Waals surface area contributed by atoms with Crippen LogP contribution in [0.3, 0.4) is 0 Å². The molecule has 2 aromatic carbocycles. The third kappa shape index (κ3) is 4.11. The Bertz CT molecular complexity index is 938. The van der Waals surface area contributed by atoms with Gasteiger partial charge in [-0.25, -0.2) is 8.42 Å². The van der Waals surface area contributed by atoms with E-state index in [0.717, 1.165) is 23.1 Å². The summed E-state index contributed by atoms with van der Waals surface area (Å²) in [6, 6.07) is 19.3. The SMILES string of the molecule is Cc1ccc2cccc(NS(=O)(=O)CCCc3ccccc3)c2n1. The van der Waals surface area contributed by atoms with Crippen molar-refractivity contribution in [1.29, 1.82) is 0 Å². The molecule has 0 aliphatic heterocycles. The van der Waals surface area contributed by atoms with Crippen LogP contribution in [-0.2, 0) is 16.4 Å². The first-order valence-electron chi connectivity index (χ1n) is 7.94. The van der Waals surface area contributed by atoms with Crippen molar-refractivity contribution in [3.63, 3.8) is 0 Å². The molecule has 0 aliphatic carbocycles. The minimum Gasteiger partial charge on any atom is -0.281 e. The maximum atomic E-state index is 12.4. The zero-order valence-electron chi connectivity index (χ0n) is 13.6. The molecule has 0 fully saturated rings. The van der Waals surface area contributed by atoms with Crippen LogP contribution in [0.1, 0.15) is 17.7 Å². The normalized spacial score (nSPS) is 11.5. The van der Waals surface area contributed by atoms with E-state index in [1.165, 1.54) is 0 Å². The number of sulfonamides is 1. The fraction of sp³-hybridized carbons (Fsp3) is 0.211.